The van der Waals surface area contributed by atoms with Crippen molar-refractivity contribution in [3.63, 3.8) is 0 Å². The summed E-state index contributed by atoms with van der Waals surface area (Å²) < 4.78 is 0. The molecule has 2 atom stereocenters. The maximum atomic E-state index is 10.9. The van der Waals surface area contributed by atoms with Crippen LogP contribution in [0.25, 0.3) is 0 Å². The van der Waals surface area contributed by atoms with E-state index in [-0.39, 0.29) is 12.0 Å². The van der Waals surface area contributed by atoms with Gasteiger partial charge in [-0.25, -0.2) is 0 Å². The SMILES string of the molecule is Cc1cc(C)c(CCN(C)C2CC2C(=O)O)c(C)c1. The zero-order valence-corrected chi connectivity index (χ0v) is 12.2. The lowest BCUT2D eigenvalue weighted by Gasteiger charge is -2.18. The monoisotopic (exact) mass is 261 g/mol. The number of carboxylic acid groups (broad SMARTS) is 1. The zero-order valence-electron chi connectivity index (χ0n) is 12.2. The third-order valence-electron chi connectivity index (χ3n) is 4.19. The molecule has 3 heteroatoms. The largest absolute Gasteiger partial charge is 0.481 e. The second kappa shape index (κ2) is 5.33. The van der Waals surface area contributed by atoms with Gasteiger partial charge in [-0.15, -0.1) is 0 Å². The van der Waals surface area contributed by atoms with Crippen LogP contribution in [0.4, 0.5) is 0 Å². The molecular formula is C16H23NO2. The molecule has 2 unspecified atom stereocenters. The average Bonchev–Trinajstić information content (AvgIpc) is 3.06. The maximum Gasteiger partial charge on any atom is 0.308 e. The summed E-state index contributed by atoms with van der Waals surface area (Å²) in [5, 5.41) is 8.95. The van der Waals surface area contributed by atoms with Crippen LogP contribution >= 0.6 is 0 Å². The van der Waals surface area contributed by atoms with Crippen LogP contribution in [-0.4, -0.2) is 35.6 Å². The number of benzene rings is 1. The number of aliphatic carboxylic acids is 1. The van der Waals surface area contributed by atoms with Gasteiger partial charge < -0.3 is 10.0 Å². The van der Waals surface area contributed by atoms with Crippen LogP contribution in [0.2, 0.25) is 0 Å². The highest BCUT2D eigenvalue weighted by atomic mass is 16.4. The number of hydrogen-bond acceptors (Lipinski definition) is 2. The van der Waals surface area contributed by atoms with E-state index in [1.807, 2.05) is 7.05 Å². The van der Waals surface area contributed by atoms with E-state index in [0.717, 1.165) is 19.4 Å². The Morgan fingerprint density at radius 3 is 2.37 bits per heavy atom. The minimum absolute atomic E-state index is 0.148. The number of aryl methyl sites for hydroxylation is 3. The molecule has 3 nitrogen and oxygen atoms in total. The van der Waals surface area contributed by atoms with Crippen molar-refractivity contribution in [2.75, 3.05) is 13.6 Å². The van der Waals surface area contributed by atoms with E-state index in [4.69, 9.17) is 5.11 Å². The molecule has 0 spiro atoms. The van der Waals surface area contributed by atoms with Crippen LogP contribution in [-0.2, 0) is 11.2 Å². The first-order valence-corrected chi connectivity index (χ1v) is 6.90. The van der Waals surface area contributed by atoms with Gasteiger partial charge in [-0.3, -0.25) is 4.79 Å². The van der Waals surface area contributed by atoms with Crippen molar-refractivity contribution in [1.82, 2.24) is 4.90 Å². The number of rotatable bonds is 5. The number of hydrogen-bond donors (Lipinski definition) is 1. The van der Waals surface area contributed by atoms with E-state index in [2.05, 4.69) is 37.8 Å². The minimum atomic E-state index is -0.653. The number of carbonyl (C=O) groups is 1. The highest BCUT2D eigenvalue weighted by Crippen LogP contribution is 2.35. The van der Waals surface area contributed by atoms with E-state index in [9.17, 15) is 4.79 Å². The lowest BCUT2D eigenvalue weighted by molar-refractivity contribution is -0.138. The summed E-state index contributed by atoms with van der Waals surface area (Å²) in [5.74, 6) is -0.801. The Morgan fingerprint density at radius 2 is 1.89 bits per heavy atom. The molecule has 1 saturated carbocycles. The summed E-state index contributed by atoms with van der Waals surface area (Å²) >= 11 is 0. The van der Waals surface area contributed by atoms with Crippen LogP contribution in [0, 0.1) is 26.7 Å². The maximum absolute atomic E-state index is 10.9. The van der Waals surface area contributed by atoms with Crippen molar-refractivity contribution < 1.29 is 9.90 Å². The van der Waals surface area contributed by atoms with Gasteiger partial charge in [0.25, 0.3) is 0 Å². The Morgan fingerprint density at radius 1 is 1.32 bits per heavy atom. The molecule has 1 aromatic rings. The molecule has 0 heterocycles. The molecule has 0 aliphatic heterocycles. The van der Waals surface area contributed by atoms with Gasteiger partial charge in [0, 0.05) is 12.6 Å². The van der Waals surface area contributed by atoms with Crippen LogP contribution in [0.1, 0.15) is 28.7 Å². The lowest BCUT2D eigenvalue weighted by Crippen LogP contribution is -2.26. The minimum Gasteiger partial charge on any atom is -0.481 e. The molecule has 2 rings (SSSR count). The molecule has 1 aliphatic rings. The van der Waals surface area contributed by atoms with Crippen molar-refractivity contribution in [3.05, 3.63) is 34.4 Å². The Hall–Kier alpha value is -1.35. The van der Waals surface area contributed by atoms with Crippen molar-refractivity contribution in [2.45, 2.75) is 39.7 Å². The van der Waals surface area contributed by atoms with Crippen molar-refractivity contribution in [1.29, 1.82) is 0 Å². The number of carboxylic acids is 1. The Kier molecular flexibility index (Phi) is 3.95. The van der Waals surface area contributed by atoms with Gasteiger partial charge in [-0.1, -0.05) is 17.7 Å². The molecule has 1 aliphatic carbocycles. The Labute approximate surface area is 115 Å². The van der Waals surface area contributed by atoms with Crippen molar-refractivity contribution in [2.24, 2.45) is 5.92 Å². The fourth-order valence-corrected chi connectivity index (χ4v) is 2.99. The van der Waals surface area contributed by atoms with Crippen molar-refractivity contribution in [3.8, 4) is 0 Å². The zero-order chi connectivity index (χ0) is 14.2. The van der Waals surface area contributed by atoms with Gasteiger partial charge >= 0.3 is 5.97 Å². The van der Waals surface area contributed by atoms with Gasteiger partial charge in [0.05, 0.1) is 5.92 Å². The van der Waals surface area contributed by atoms with E-state index in [0.29, 0.717) is 0 Å². The fraction of sp³-hybridized carbons (Fsp3) is 0.562. The third kappa shape index (κ3) is 3.16. The first kappa shape index (κ1) is 14.1. The quantitative estimate of drug-likeness (QED) is 0.885. The predicted molar refractivity (Wildman–Crippen MR) is 76.5 cm³/mol. The molecule has 0 amide bonds. The van der Waals surface area contributed by atoms with E-state index >= 15 is 0 Å². The molecule has 1 aromatic carbocycles. The first-order chi connectivity index (χ1) is 8.90. The molecule has 0 radical (unpaired) electrons. The first-order valence-electron chi connectivity index (χ1n) is 6.90. The third-order valence-corrected chi connectivity index (χ3v) is 4.19. The van der Waals surface area contributed by atoms with E-state index < -0.39 is 5.97 Å². The van der Waals surface area contributed by atoms with Crippen LogP contribution in [0.3, 0.4) is 0 Å². The predicted octanol–water partition coefficient (Wildman–Crippen LogP) is 2.56. The standard InChI is InChI=1S/C16H23NO2/c1-10-7-11(2)13(12(3)8-10)5-6-17(4)15-9-14(15)16(18)19/h7-8,14-15H,5-6,9H2,1-4H3,(H,18,19). The van der Waals surface area contributed by atoms with Gasteiger partial charge in [0.15, 0.2) is 0 Å². The summed E-state index contributed by atoms with van der Waals surface area (Å²) in [5.41, 5.74) is 5.40. The summed E-state index contributed by atoms with van der Waals surface area (Å²) in [4.78, 5) is 13.1. The van der Waals surface area contributed by atoms with Crippen molar-refractivity contribution >= 4 is 5.97 Å². The normalized spacial score (nSPS) is 21.7. The molecule has 0 saturated heterocycles. The fourth-order valence-electron chi connectivity index (χ4n) is 2.99. The van der Waals surface area contributed by atoms with E-state index in [1.54, 1.807) is 0 Å². The summed E-state index contributed by atoms with van der Waals surface area (Å²) in [6, 6.07) is 4.68. The summed E-state index contributed by atoms with van der Waals surface area (Å²) in [7, 11) is 2.03. The van der Waals surface area contributed by atoms with Crippen LogP contribution in [0.15, 0.2) is 12.1 Å². The molecule has 1 N–H and O–H groups in total. The smallest absolute Gasteiger partial charge is 0.308 e. The van der Waals surface area contributed by atoms with Crippen LogP contribution in [0.5, 0.6) is 0 Å². The van der Waals surface area contributed by atoms with Gasteiger partial charge in [0.1, 0.15) is 0 Å². The Balaban J connectivity index is 1.95. The van der Waals surface area contributed by atoms with Gasteiger partial charge in [0.2, 0.25) is 0 Å². The molecule has 0 aromatic heterocycles. The summed E-state index contributed by atoms with van der Waals surface area (Å²) in [6.07, 6.45) is 1.80. The van der Waals surface area contributed by atoms with Gasteiger partial charge in [-0.05, 0) is 57.4 Å². The van der Waals surface area contributed by atoms with E-state index in [1.165, 1.54) is 22.3 Å². The Bertz CT molecular complexity index is 473. The van der Waals surface area contributed by atoms with Crippen LogP contribution < -0.4 is 0 Å². The highest BCUT2D eigenvalue weighted by Gasteiger charge is 2.45. The second-order valence-electron chi connectivity index (χ2n) is 5.86. The summed E-state index contributed by atoms with van der Waals surface area (Å²) in [6.45, 7) is 7.37. The number of likely N-dealkylation sites (N-methyl/N-ethyl adjacent to an activating group) is 1. The topological polar surface area (TPSA) is 40.5 Å². The average molecular weight is 261 g/mol. The molecule has 1 fully saturated rings. The lowest BCUT2D eigenvalue weighted by atomic mass is 9.97. The van der Waals surface area contributed by atoms with Gasteiger partial charge in [-0.2, -0.15) is 0 Å². The highest BCUT2D eigenvalue weighted by molar-refractivity contribution is 5.74. The number of nitrogens with zero attached hydrogens (tertiary/aromatic N) is 1. The molecule has 104 valence electrons. The molecule has 19 heavy (non-hydrogen) atoms. The second-order valence-corrected chi connectivity index (χ2v) is 5.86. The molecular weight excluding hydrogens is 238 g/mol. The molecule has 0 bridgehead atoms.